The average molecular weight is 254 g/mol. The third-order valence-corrected chi connectivity index (χ3v) is 2.72. The molecule has 0 aliphatic heterocycles. The van der Waals surface area contributed by atoms with Crippen molar-refractivity contribution in [2.75, 3.05) is 27.3 Å². The van der Waals surface area contributed by atoms with Crippen molar-refractivity contribution in [1.29, 1.82) is 0 Å². The van der Waals surface area contributed by atoms with Crippen molar-refractivity contribution in [2.24, 2.45) is 0 Å². The molecule has 4 nitrogen and oxygen atoms in total. The number of hydrogen-bond donors (Lipinski definition) is 1. The van der Waals surface area contributed by atoms with Crippen LogP contribution in [0.3, 0.4) is 0 Å². The first kappa shape index (κ1) is 15.2. The summed E-state index contributed by atoms with van der Waals surface area (Å²) in [6.07, 6.45) is 1.05. The molecule has 0 fully saturated rings. The van der Waals surface area contributed by atoms with Gasteiger partial charge in [0.15, 0.2) is 0 Å². The molecular formula is C14H26N2O2. The number of ether oxygens (including phenoxy) is 1. The van der Waals surface area contributed by atoms with Crippen LogP contribution < -0.4 is 5.32 Å². The standard InChI is InChI=1S/C14H26N2O2/c1-12(2)15-10-13-6-7-14(18-13)11-16(3)8-5-9-17-4/h6-7,12,15H,5,8-11H2,1-4H3. The van der Waals surface area contributed by atoms with E-state index in [1.54, 1.807) is 7.11 Å². The van der Waals surface area contributed by atoms with Crippen LogP contribution in [0, 0.1) is 0 Å². The molecule has 18 heavy (non-hydrogen) atoms. The SMILES string of the molecule is COCCCN(C)Cc1ccc(CNC(C)C)o1. The summed E-state index contributed by atoms with van der Waals surface area (Å²) in [4.78, 5) is 2.25. The quantitative estimate of drug-likeness (QED) is 0.686. The van der Waals surface area contributed by atoms with Crippen molar-refractivity contribution in [3.8, 4) is 0 Å². The second-order valence-electron chi connectivity index (χ2n) is 4.99. The van der Waals surface area contributed by atoms with Gasteiger partial charge in [-0.3, -0.25) is 4.90 Å². The molecule has 0 aliphatic carbocycles. The molecule has 0 spiro atoms. The van der Waals surface area contributed by atoms with Crippen LogP contribution in [0.2, 0.25) is 0 Å². The largest absolute Gasteiger partial charge is 0.463 e. The van der Waals surface area contributed by atoms with Crippen LogP contribution in [0.1, 0.15) is 31.8 Å². The summed E-state index contributed by atoms with van der Waals surface area (Å²) >= 11 is 0. The normalized spacial score (nSPS) is 11.7. The van der Waals surface area contributed by atoms with Crippen LogP contribution >= 0.6 is 0 Å². The highest BCUT2D eigenvalue weighted by Gasteiger charge is 2.05. The first-order chi connectivity index (χ1) is 8.61. The van der Waals surface area contributed by atoms with E-state index in [1.165, 1.54) is 0 Å². The lowest BCUT2D eigenvalue weighted by molar-refractivity contribution is 0.175. The third kappa shape index (κ3) is 6.19. The monoisotopic (exact) mass is 254 g/mol. The number of hydrogen-bond acceptors (Lipinski definition) is 4. The number of furan rings is 1. The molecule has 1 aromatic heterocycles. The first-order valence-electron chi connectivity index (χ1n) is 6.60. The maximum Gasteiger partial charge on any atom is 0.118 e. The van der Waals surface area contributed by atoms with E-state index >= 15 is 0 Å². The molecule has 104 valence electrons. The zero-order chi connectivity index (χ0) is 13.4. The minimum atomic E-state index is 0.482. The fraction of sp³-hybridized carbons (Fsp3) is 0.714. The summed E-state index contributed by atoms with van der Waals surface area (Å²) in [5.74, 6) is 2.03. The molecule has 0 aliphatic rings. The summed E-state index contributed by atoms with van der Waals surface area (Å²) in [5, 5.41) is 3.35. The minimum absolute atomic E-state index is 0.482. The third-order valence-electron chi connectivity index (χ3n) is 2.72. The zero-order valence-corrected chi connectivity index (χ0v) is 12.0. The van der Waals surface area contributed by atoms with Crippen LogP contribution in [0.4, 0.5) is 0 Å². The Bertz CT molecular complexity index is 323. The van der Waals surface area contributed by atoms with Gasteiger partial charge in [-0.05, 0) is 25.6 Å². The van der Waals surface area contributed by atoms with E-state index < -0.39 is 0 Å². The lowest BCUT2D eigenvalue weighted by atomic mass is 10.3. The van der Waals surface area contributed by atoms with E-state index in [1.807, 2.05) is 6.07 Å². The van der Waals surface area contributed by atoms with Crippen molar-refractivity contribution in [3.63, 3.8) is 0 Å². The van der Waals surface area contributed by atoms with Crippen molar-refractivity contribution in [1.82, 2.24) is 10.2 Å². The molecule has 0 unspecified atom stereocenters. The summed E-state index contributed by atoms with van der Waals surface area (Å²) in [5.41, 5.74) is 0. The Labute approximate surface area is 110 Å². The van der Waals surface area contributed by atoms with Gasteiger partial charge in [-0.1, -0.05) is 13.8 Å². The Kier molecular flexibility index (Phi) is 7.01. The van der Waals surface area contributed by atoms with Crippen molar-refractivity contribution < 1.29 is 9.15 Å². The average Bonchev–Trinajstić information content (AvgIpc) is 2.74. The minimum Gasteiger partial charge on any atom is -0.463 e. The molecule has 0 aromatic carbocycles. The fourth-order valence-electron chi connectivity index (χ4n) is 1.73. The highest BCUT2D eigenvalue weighted by molar-refractivity contribution is 5.07. The van der Waals surface area contributed by atoms with Crippen LogP contribution in [-0.4, -0.2) is 38.3 Å². The van der Waals surface area contributed by atoms with Gasteiger partial charge in [-0.2, -0.15) is 0 Å². The van der Waals surface area contributed by atoms with Crippen LogP contribution in [0.5, 0.6) is 0 Å². The summed E-state index contributed by atoms with van der Waals surface area (Å²) in [7, 11) is 3.84. The summed E-state index contributed by atoms with van der Waals surface area (Å²) in [6, 6.07) is 4.59. The molecule has 0 amide bonds. The van der Waals surface area contributed by atoms with Gasteiger partial charge in [0, 0.05) is 26.3 Å². The van der Waals surface area contributed by atoms with Crippen molar-refractivity contribution >= 4 is 0 Å². The maximum atomic E-state index is 5.78. The maximum absolute atomic E-state index is 5.78. The number of nitrogens with zero attached hydrogens (tertiary/aromatic N) is 1. The molecule has 0 saturated heterocycles. The van der Waals surface area contributed by atoms with Crippen LogP contribution in [0.25, 0.3) is 0 Å². The lowest BCUT2D eigenvalue weighted by Gasteiger charge is -2.14. The van der Waals surface area contributed by atoms with Gasteiger partial charge in [-0.25, -0.2) is 0 Å². The van der Waals surface area contributed by atoms with Gasteiger partial charge in [0.2, 0.25) is 0 Å². The number of nitrogens with one attached hydrogen (secondary N) is 1. The van der Waals surface area contributed by atoms with Gasteiger partial charge in [0.05, 0.1) is 13.1 Å². The molecule has 4 heteroatoms. The molecule has 0 radical (unpaired) electrons. The highest BCUT2D eigenvalue weighted by atomic mass is 16.5. The predicted octanol–water partition coefficient (Wildman–Crippen LogP) is 2.25. The molecule has 0 bridgehead atoms. The summed E-state index contributed by atoms with van der Waals surface area (Å²) < 4.78 is 10.8. The second kappa shape index (κ2) is 8.29. The van der Waals surface area contributed by atoms with Crippen molar-refractivity contribution in [2.45, 2.75) is 39.4 Å². The van der Waals surface area contributed by atoms with Crippen LogP contribution in [-0.2, 0) is 17.8 Å². The number of rotatable bonds is 9. The van der Waals surface area contributed by atoms with Gasteiger partial charge in [-0.15, -0.1) is 0 Å². The summed E-state index contributed by atoms with van der Waals surface area (Å²) in [6.45, 7) is 7.75. The van der Waals surface area contributed by atoms with E-state index in [4.69, 9.17) is 9.15 Å². The van der Waals surface area contributed by atoms with E-state index in [-0.39, 0.29) is 0 Å². The van der Waals surface area contributed by atoms with E-state index in [2.05, 4.69) is 37.2 Å². The molecular weight excluding hydrogens is 228 g/mol. The van der Waals surface area contributed by atoms with Crippen LogP contribution in [0.15, 0.2) is 16.5 Å². The Morgan fingerprint density at radius 1 is 1.33 bits per heavy atom. The van der Waals surface area contributed by atoms with Crippen molar-refractivity contribution in [3.05, 3.63) is 23.7 Å². The molecule has 1 rings (SSSR count). The van der Waals surface area contributed by atoms with Gasteiger partial charge in [0.25, 0.3) is 0 Å². The molecule has 0 atom stereocenters. The Morgan fingerprint density at radius 3 is 2.72 bits per heavy atom. The number of methoxy groups -OCH3 is 1. The van der Waals surface area contributed by atoms with E-state index in [9.17, 15) is 0 Å². The van der Waals surface area contributed by atoms with Gasteiger partial charge < -0.3 is 14.5 Å². The van der Waals surface area contributed by atoms with Gasteiger partial charge in [0.1, 0.15) is 11.5 Å². The Balaban J connectivity index is 2.29. The first-order valence-corrected chi connectivity index (χ1v) is 6.60. The topological polar surface area (TPSA) is 37.6 Å². The Hall–Kier alpha value is -0.840. The highest BCUT2D eigenvalue weighted by Crippen LogP contribution is 2.10. The van der Waals surface area contributed by atoms with E-state index in [0.717, 1.165) is 44.2 Å². The Morgan fingerprint density at radius 2 is 2.06 bits per heavy atom. The fourth-order valence-corrected chi connectivity index (χ4v) is 1.73. The molecule has 1 aromatic rings. The zero-order valence-electron chi connectivity index (χ0n) is 12.0. The molecule has 1 heterocycles. The predicted molar refractivity (Wildman–Crippen MR) is 73.5 cm³/mol. The van der Waals surface area contributed by atoms with Gasteiger partial charge >= 0.3 is 0 Å². The second-order valence-corrected chi connectivity index (χ2v) is 4.99. The lowest BCUT2D eigenvalue weighted by Crippen LogP contribution is -2.21. The molecule has 0 saturated carbocycles. The smallest absolute Gasteiger partial charge is 0.118 e. The molecule has 1 N–H and O–H groups in total. The van der Waals surface area contributed by atoms with E-state index in [0.29, 0.717) is 6.04 Å².